The van der Waals surface area contributed by atoms with Gasteiger partial charge in [-0.2, -0.15) is 0 Å². The van der Waals surface area contributed by atoms with E-state index in [-0.39, 0.29) is 5.91 Å². The highest BCUT2D eigenvalue weighted by molar-refractivity contribution is 5.76. The third-order valence-electron chi connectivity index (χ3n) is 4.04. The Bertz CT molecular complexity index is 243. The van der Waals surface area contributed by atoms with E-state index >= 15 is 0 Å². The molecule has 2 aliphatic rings. The van der Waals surface area contributed by atoms with Crippen LogP contribution in [0.1, 0.15) is 51.9 Å². The van der Waals surface area contributed by atoms with Crippen LogP contribution in [0.5, 0.6) is 0 Å². The van der Waals surface area contributed by atoms with E-state index in [0.29, 0.717) is 5.92 Å². The van der Waals surface area contributed by atoms with Crippen molar-refractivity contribution in [1.29, 1.82) is 0 Å². The zero-order chi connectivity index (χ0) is 12.1. The molecule has 0 bridgehead atoms. The highest BCUT2D eigenvalue weighted by Crippen LogP contribution is 2.31. The van der Waals surface area contributed by atoms with Crippen molar-refractivity contribution in [2.45, 2.75) is 57.9 Å². The molecule has 3 nitrogen and oxygen atoms in total. The van der Waals surface area contributed by atoms with E-state index in [1.165, 1.54) is 38.8 Å². The average Bonchev–Trinajstić information content (AvgIpc) is 3.14. The first kappa shape index (κ1) is 12.9. The molecule has 1 heterocycles. The monoisotopic (exact) mass is 238 g/mol. The molecule has 2 rings (SSSR count). The summed E-state index contributed by atoms with van der Waals surface area (Å²) in [5, 5.41) is 3.02. The van der Waals surface area contributed by atoms with E-state index in [2.05, 4.69) is 17.1 Å². The van der Waals surface area contributed by atoms with Crippen LogP contribution in [0.4, 0.5) is 0 Å². The smallest absolute Gasteiger partial charge is 0.220 e. The molecule has 0 unspecified atom stereocenters. The SMILES string of the molecule is CCCCNC(=O)CC1CCN(C2CC2)CC1. The molecular formula is C14H26N2O. The predicted octanol–water partition coefficient (Wildman–Crippen LogP) is 2.17. The van der Waals surface area contributed by atoms with Gasteiger partial charge in [-0.05, 0) is 51.1 Å². The Morgan fingerprint density at radius 1 is 1.24 bits per heavy atom. The second kappa shape index (κ2) is 6.39. The average molecular weight is 238 g/mol. The summed E-state index contributed by atoms with van der Waals surface area (Å²) in [6, 6.07) is 0.898. The van der Waals surface area contributed by atoms with Crippen molar-refractivity contribution in [1.82, 2.24) is 10.2 Å². The van der Waals surface area contributed by atoms with Gasteiger partial charge in [-0.15, -0.1) is 0 Å². The van der Waals surface area contributed by atoms with Gasteiger partial charge in [0, 0.05) is 19.0 Å². The lowest BCUT2D eigenvalue weighted by Crippen LogP contribution is -2.37. The molecule has 0 aromatic rings. The second-order valence-electron chi connectivity index (χ2n) is 5.62. The van der Waals surface area contributed by atoms with Gasteiger partial charge in [-0.3, -0.25) is 4.79 Å². The van der Waals surface area contributed by atoms with Gasteiger partial charge < -0.3 is 10.2 Å². The van der Waals surface area contributed by atoms with Crippen molar-refractivity contribution in [2.75, 3.05) is 19.6 Å². The Kier molecular flexibility index (Phi) is 4.84. The zero-order valence-corrected chi connectivity index (χ0v) is 11.1. The molecule has 0 radical (unpaired) electrons. The third kappa shape index (κ3) is 4.30. The van der Waals surface area contributed by atoms with Crippen LogP contribution >= 0.6 is 0 Å². The number of amides is 1. The normalized spacial score (nSPS) is 22.6. The number of nitrogens with one attached hydrogen (secondary N) is 1. The van der Waals surface area contributed by atoms with Gasteiger partial charge in [0.05, 0.1) is 0 Å². The molecule has 2 fully saturated rings. The summed E-state index contributed by atoms with van der Waals surface area (Å²) in [5.41, 5.74) is 0. The first-order valence-electron chi connectivity index (χ1n) is 7.30. The second-order valence-corrected chi connectivity index (χ2v) is 5.62. The molecule has 0 spiro atoms. The molecule has 1 amide bonds. The minimum Gasteiger partial charge on any atom is -0.356 e. The first-order valence-corrected chi connectivity index (χ1v) is 7.30. The molecule has 0 atom stereocenters. The quantitative estimate of drug-likeness (QED) is 0.719. The third-order valence-corrected chi connectivity index (χ3v) is 4.04. The number of rotatable bonds is 6. The molecule has 3 heteroatoms. The van der Waals surface area contributed by atoms with Gasteiger partial charge >= 0.3 is 0 Å². The van der Waals surface area contributed by atoms with Gasteiger partial charge in [-0.25, -0.2) is 0 Å². The Hall–Kier alpha value is -0.570. The Morgan fingerprint density at radius 2 is 1.94 bits per heavy atom. The topological polar surface area (TPSA) is 32.3 Å². The van der Waals surface area contributed by atoms with Crippen LogP contribution in [0.25, 0.3) is 0 Å². The fourth-order valence-electron chi connectivity index (χ4n) is 2.70. The standard InChI is InChI=1S/C14H26N2O/c1-2-3-8-15-14(17)11-12-6-9-16(10-7-12)13-4-5-13/h12-13H,2-11H2,1H3,(H,15,17). The zero-order valence-electron chi connectivity index (χ0n) is 11.1. The van der Waals surface area contributed by atoms with E-state index in [9.17, 15) is 4.79 Å². The first-order chi connectivity index (χ1) is 8.29. The van der Waals surface area contributed by atoms with Gasteiger partial charge in [-0.1, -0.05) is 13.3 Å². The molecule has 17 heavy (non-hydrogen) atoms. The van der Waals surface area contributed by atoms with Crippen molar-refractivity contribution < 1.29 is 4.79 Å². The van der Waals surface area contributed by atoms with E-state index in [4.69, 9.17) is 0 Å². The van der Waals surface area contributed by atoms with E-state index < -0.39 is 0 Å². The molecule has 98 valence electrons. The van der Waals surface area contributed by atoms with Gasteiger partial charge in [0.15, 0.2) is 0 Å². The highest BCUT2D eigenvalue weighted by atomic mass is 16.1. The highest BCUT2D eigenvalue weighted by Gasteiger charge is 2.32. The van der Waals surface area contributed by atoms with Crippen molar-refractivity contribution >= 4 is 5.91 Å². The Morgan fingerprint density at radius 3 is 2.53 bits per heavy atom. The number of hydrogen-bond acceptors (Lipinski definition) is 2. The Labute approximate surface area is 105 Å². The maximum Gasteiger partial charge on any atom is 0.220 e. The van der Waals surface area contributed by atoms with Crippen LogP contribution in [0.3, 0.4) is 0 Å². The molecule has 1 saturated carbocycles. The molecule has 1 saturated heterocycles. The lowest BCUT2D eigenvalue weighted by atomic mass is 9.93. The lowest BCUT2D eigenvalue weighted by molar-refractivity contribution is -0.122. The van der Waals surface area contributed by atoms with Gasteiger partial charge in [0.1, 0.15) is 0 Å². The summed E-state index contributed by atoms with van der Waals surface area (Å²) >= 11 is 0. The number of carbonyl (C=O) groups excluding carboxylic acids is 1. The Balaban J connectivity index is 1.58. The molecule has 1 aliphatic heterocycles. The molecular weight excluding hydrogens is 212 g/mol. The minimum atomic E-state index is 0.267. The maximum absolute atomic E-state index is 11.7. The molecule has 1 aliphatic carbocycles. The summed E-state index contributed by atoms with van der Waals surface area (Å²) in [7, 11) is 0. The van der Waals surface area contributed by atoms with Crippen molar-refractivity contribution in [2.24, 2.45) is 5.92 Å². The van der Waals surface area contributed by atoms with Gasteiger partial charge in [0.25, 0.3) is 0 Å². The fraction of sp³-hybridized carbons (Fsp3) is 0.929. The minimum absolute atomic E-state index is 0.267. The van der Waals surface area contributed by atoms with E-state index in [1.807, 2.05) is 0 Å². The number of piperidine rings is 1. The number of unbranched alkanes of at least 4 members (excludes halogenated alkanes) is 1. The maximum atomic E-state index is 11.7. The molecule has 0 aromatic carbocycles. The molecule has 1 N–H and O–H groups in total. The van der Waals surface area contributed by atoms with Crippen LogP contribution < -0.4 is 5.32 Å². The van der Waals surface area contributed by atoms with Gasteiger partial charge in [0.2, 0.25) is 5.91 Å². The van der Waals surface area contributed by atoms with Crippen LogP contribution in [0.2, 0.25) is 0 Å². The summed E-state index contributed by atoms with van der Waals surface area (Å²) in [4.78, 5) is 14.3. The summed E-state index contributed by atoms with van der Waals surface area (Å²) in [6.07, 6.45) is 8.26. The predicted molar refractivity (Wildman–Crippen MR) is 69.9 cm³/mol. The van der Waals surface area contributed by atoms with Crippen molar-refractivity contribution in [3.63, 3.8) is 0 Å². The number of likely N-dealkylation sites (tertiary alicyclic amines) is 1. The summed E-state index contributed by atoms with van der Waals surface area (Å²) < 4.78 is 0. The number of nitrogens with zero attached hydrogens (tertiary/aromatic N) is 1. The lowest BCUT2D eigenvalue weighted by Gasteiger charge is -2.31. The van der Waals surface area contributed by atoms with Crippen LogP contribution in [0.15, 0.2) is 0 Å². The van der Waals surface area contributed by atoms with Crippen LogP contribution in [-0.2, 0) is 4.79 Å². The fourth-order valence-corrected chi connectivity index (χ4v) is 2.70. The van der Waals surface area contributed by atoms with E-state index in [1.54, 1.807) is 0 Å². The van der Waals surface area contributed by atoms with Crippen LogP contribution in [-0.4, -0.2) is 36.5 Å². The van der Waals surface area contributed by atoms with Crippen LogP contribution in [0, 0.1) is 5.92 Å². The number of hydrogen-bond donors (Lipinski definition) is 1. The molecule has 0 aromatic heterocycles. The van der Waals surface area contributed by atoms with Crippen molar-refractivity contribution in [3.05, 3.63) is 0 Å². The summed E-state index contributed by atoms with van der Waals surface area (Å²) in [5.74, 6) is 0.898. The van der Waals surface area contributed by atoms with Crippen molar-refractivity contribution in [3.8, 4) is 0 Å². The largest absolute Gasteiger partial charge is 0.356 e. The number of carbonyl (C=O) groups is 1. The summed E-state index contributed by atoms with van der Waals surface area (Å²) in [6.45, 7) is 5.45. The van der Waals surface area contributed by atoms with E-state index in [0.717, 1.165) is 31.8 Å².